The number of rotatable bonds is 5. The summed E-state index contributed by atoms with van der Waals surface area (Å²) in [6, 6.07) is 3.13. The molecular formula is C15H14F2N2O4. The van der Waals surface area contributed by atoms with E-state index in [4.69, 9.17) is 0 Å². The zero-order valence-electron chi connectivity index (χ0n) is 11.9. The van der Waals surface area contributed by atoms with Crippen LogP contribution in [0.15, 0.2) is 30.4 Å². The van der Waals surface area contributed by atoms with Crippen LogP contribution in [0, 0.1) is 27.9 Å². The number of fused-ring (bicyclic) bond motifs is 2. The highest BCUT2D eigenvalue weighted by Crippen LogP contribution is 2.44. The Kier molecular flexibility index (Phi) is 3.97. The van der Waals surface area contributed by atoms with Gasteiger partial charge in [-0.15, -0.1) is 0 Å². The summed E-state index contributed by atoms with van der Waals surface area (Å²) in [4.78, 5) is 22.5. The van der Waals surface area contributed by atoms with Gasteiger partial charge < -0.3 is 10.1 Å². The highest BCUT2D eigenvalue weighted by molar-refractivity contribution is 5.95. The van der Waals surface area contributed by atoms with E-state index in [9.17, 15) is 23.7 Å². The molecule has 3 rings (SSSR count). The fourth-order valence-corrected chi connectivity index (χ4v) is 3.24. The van der Waals surface area contributed by atoms with Crippen molar-refractivity contribution < 1.29 is 23.2 Å². The molecule has 1 N–H and O–H groups in total. The molecule has 1 fully saturated rings. The van der Waals surface area contributed by atoms with E-state index in [2.05, 4.69) is 16.1 Å². The number of hydrogen-bond donors (Lipinski definition) is 1. The molecule has 0 unspecified atom stereocenters. The first-order chi connectivity index (χ1) is 10.9. The number of carbonyl (C=O) groups is 1. The zero-order valence-corrected chi connectivity index (χ0v) is 11.9. The van der Waals surface area contributed by atoms with Gasteiger partial charge in [-0.25, -0.2) is 0 Å². The van der Waals surface area contributed by atoms with E-state index < -0.39 is 11.5 Å². The number of anilines is 1. The van der Waals surface area contributed by atoms with Gasteiger partial charge in [-0.3, -0.25) is 14.9 Å². The first-order valence-corrected chi connectivity index (χ1v) is 7.16. The lowest BCUT2D eigenvalue weighted by Crippen LogP contribution is -2.26. The zero-order chi connectivity index (χ0) is 16.6. The molecule has 2 bridgehead atoms. The number of ether oxygens (including phenoxy) is 1. The van der Waals surface area contributed by atoms with Gasteiger partial charge in [0, 0.05) is 18.1 Å². The van der Waals surface area contributed by atoms with Crippen molar-refractivity contribution in [2.45, 2.75) is 19.5 Å². The summed E-state index contributed by atoms with van der Waals surface area (Å²) in [5.74, 6) is -0.362. The number of alkyl halides is 2. The van der Waals surface area contributed by atoms with E-state index in [1.54, 1.807) is 0 Å². The molecule has 0 radical (unpaired) electrons. The van der Waals surface area contributed by atoms with E-state index in [1.807, 2.05) is 6.08 Å². The molecule has 6 nitrogen and oxygen atoms in total. The topological polar surface area (TPSA) is 81.5 Å². The van der Waals surface area contributed by atoms with Crippen LogP contribution in [0.1, 0.15) is 12.8 Å². The van der Waals surface area contributed by atoms with Crippen LogP contribution in [0.5, 0.6) is 5.75 Å². The number of allylic oxidation sites excluding steroid dienone is 2. The third kappa shape index (κ3) is 3.15. The lowest BCUT2D eigenvalue weighted by atomic mass is 9.93. The van der Waals surface area contributed by atoms with Crippen molar-refractivity contribution in [1.29, 1.82) is 0 Å². The average molecular weight is 324 g/mol. The highest BCUT2D eigenvalue weighted by Gasteiger charge is 2.40. The maximum atomic E-state index is 12.4. The minimum atomic E-state index is -3.09. The minimum Gasteiger partial charge on any atom is -0.433 e. The van der Waals surface area contributed by atoms with Crippen LogP contribution in [0.4, 0.5) is 20.2 Å². The first kappa shape index (κ1) is 15.4. The molecule has 1 saturated carbocycles. The Morgan fingerprint density at radius 3 is 2.70 bits per heavy atom. The number of benzene rings is 1. The largest absolute Gasteiger partial charge is 0.433 e. The van der Waals surface area contributed by atoms with Crippen molar-refractivity contribution >= 4 is 17.3 Å². The molecule has 1 aromatic carbocycles. The normalized spacial score (nSPS) is 24.9. The van der Waals surface area contributed by atoms with Crippen LogP contribution in [-0.2, 0) is 4.79 Å². The smallest absolute Gasteiger partial charge is 0.387 e. The average Bonchev–Trinajstić information content (AvgIpc) is 3.11. The van der Waals surface area contributed by atoms with E-state index in [-0.39, 0.29) is 34.9 Å². The molecule has 122 valence electrons. The fraction of sp³-hybridized carbons (Fsp3) is 0.400. The van der Waals surface area contributed by atoms with Gasteiger partial charge in [-0.2, -0.15) is 8.78 Å². The highest BCUT2D eigenvalue weighted by atomic mass is 19.3. The number of nitro benzene ring substituents is 1. The van der Waals surface area contributed by atoms with Crippen LogP contribution in [-0.4, -0.2) is 17.4 Å². The summed E-state index contributed by atoms with van der Waals surface area (Å²) >= 11 is 0. The van der Waals surface area contributed by atoms with Crippen LogP contribution >= 0.6 is 0 Å². The van der Waals surface area contributed by atoms with Crippen molar-refractivity contribution in [2.24, 2.45) is 17.8 Å². The molecule has 0 saturated heterocycles. The summed E-state index contributed by atoms with van der Waals surface area (Å²) in [7, 11) is 0. The molecule has 2 aliphatic rings. The number of hydrogen-bond acceptors (Lipinski definition) is 4. The third-order valence-electron chi connectivity index (χ3n) is 4.26. The Morgan fingerprint density at radius 2 is 2.13 bits per heavy atom. The molecule has 3 atom stereocenters. The molecule has 0 spiro atoms. The van der Waals surface area contributed by atoms with Crippen LogP contribution in [0.3, 0.4) is 0 Å². The standard InChI is InChI=1S/C15H14F2N2O4/c16-15(17)23-13-4-3-10(19(21)22)7-12(13)18-14(20)11-6-8-1-2-9(11)5-8/h1-4,7-9,11,15H,5-6H2,(H,18,20)/t8-,9-,11+/m0/s1. The molecule has 2 aliphatic carbocycles. The van der Waals surface area contributed by atoms with Crippen LogP contribution in [0.2, 0.25) is 0 Å². The Morgan fingerprint density at radius 1 is 1.35 bits per heavy atom. The van der Waals surface area contributed by atoms with Gasteiger partial charge in [0.25, 0.3) is 5.69 Å². The van der Waals surface area contributed by atoms with E-state index in [1.165, 1.54) is 0 Å². The summed E-state index contributed by atoms with van der Waals surface area (Å²) in [6.07, 6.45) is 5.68. The van der Waals surface area contributed by atoms with Gasteiger partial charge in [0.2, 0.25) is 5.91 Å². The van der Waals surface area contributed by atoms with Gasteiger partial charge in [0.1, 0.15) is 5.75 Å². The fourth-order valence-electron chi connectivity index (χ4n) is 3.24. The molecular weight excluding hydrogens is 310 g/mol. The van der Waals surface area contributed by atoms with E-state index in [0.717, 1.165) is 24.6 Å². The molecule has 23 heavy (non-hydrogen) atoms. The monoisotopic (exact) mass is 324 g/mol. The predicted molar refractivity (Wildman–Crippen MR) is 77.2 cm³/mol. The number of amides is 1. The number of nitro groups is 1. The van der Waals surface area contributed by atoms with E-state index in [0.29, 0.717) is 12.3 Å². The van der Waals surface area contributed by atoms with Crippen molar-refractivity contribution in [3.8, 4) is 5.75 Å². The molecule has 0 heterocycles. The minimum absolute atomic E-state index is 0.115. The predicted octanol–water partition coefficient (Wildman–Crippen LogP) is 3.35. The van der Waals surface area contributed by atoms with Crippen molar-refractivity contribution in [3.63, 3.8) is 0 Å². The lowest BCUT2D eigenvalue weighted by Gasteiger charge is -2.18. The maximum absolute atomic E-state index is 12.4. The Labute approximate surface area is 130 Å². The quantitative estimate of drug-likeness (QED) is 0.511. The van der Waals surface area contributed by atoms with E-state index >= 15 is 0 Å². The molecule has 1 amide bonds. The van der Waals surface area contributed by atoms with Gasteiger partial charge in [0.15, 0.2) is 0 Å². The first-order valence-electron chi connectivity index (χ1n) is 7.16. The van der Waals surface area contributed by atoms with Crippen LogP contribution in [0.25, 0.3) is 0 Å². The Balaban J connectivity index is 1.81. The van der Waals surface area contributed by atoms with Gasteiger partial charge >= 0.3 is 6.61 Å². The van der Waals surface area contributed by atoms with Gasteiger partial charge in [0.05, 0.1) is 10.6 Å². The Bertz CT molecular complexity index is 677. The summed E-state index contributed by atoms with van der Waals surface area (Å²) in [5.41, 5.74) is -0.425. The number of carbonyl (C=O) groups excluding carboxylic acids is 1. The van der Waals surface area contributed by atoms with Crippen molar-refractivity contribution in [2.75, 3.05) is 5.32 Å². The summed E-state index contributed by atoms with van der Waals surface area (Å²) < 4.78 is 29.2. The Hall–Kier alpha value is -2.51. The molecule has 8 heteroatoms. The second-order valence-corrected chi connectivity index (χ2v) is 5.69. The number of nitrogens with zero attached hydrogens (tertiary/aromatic N) is 1. The van der Waals surface area contributed by atoms with Gasteiger partial charge in [-0.05, 0) is 30.7 Å². The molecule has 1 aromatic rings. The summed E-state index contributed by atoms with van der Waals surface area (Å²) in [6.45, 7) is -3.09. The SMILES string of the molecule is O=C(Nc1cc([N+](=O)[O-])ccc1OC(F)F)[C@@H]1C[C@H]2C=C[C@H]1C2. The second-order valence-electron chi connectivity index (χ2n) is 5.69. The number of nitrogens with one attached hydrogen (secondary N) is 1. The third-order valence-corrected chi connectivity index (χ3v) is 4.26. The number of non-ortho nitro benzene ring substituents is 1. The number of halogens is 2. The maximum Gasteiger partial charge on any atom is 0.387 e. The van der Waals surface area contributed by atoms with Gasteiger partial charge in [-0.1, -0.05) is 12.2 Å². The lowest BCUT2D eigenvalue weighted by molar-refractivity contribution is -0.384. The molecule has 0 aliphatic heterocycles. The van der Waals surface area contributed by atoms with Crippen molar-refractivity contribution in [3.05, 3.63) is 40.5 Å². The molecule has 0 aromatic heterocycles. The summed E-state index contributed by atoms with van der Waals surface area (Å²) in [5, 5.41) is 13.3. The van der Waals surface area contributed by atoms with Crippen molar-refractivity contribution in [1.82, 2.24) is 0 Å². The van der Waals surface area contributed by atoms with Crippen LogP contribution < -0.4 is 10.1 Å². The second kappa shape index (κ2) is 5.94.